The number of hydrogen-bond acceptors (Lipinski definition) is 3. The third-order valence-electron chi connectivity index (χ3n) is 3.38. The zero-order valence-electron chi connectivity index (χ0n) is 11.6. The highest BCUT2D eigenvalue weighted by atomic mass is 16.6. The van der Waals surface area contributed by atoms with Crippen LogP contribution < -0.4 is 0 Å². The maximum Gasteiger partial charge on any atom is 0.273 e. The summed E-state index contributed by atoms with van der Waals surface area (Å²) in [5, 5.41) is 10.9. The molecule has 2 rings (SSSR count). The summed E-state index contributed by atoms with van der Waals surface area (Å²) in [7, 11) is 0. The van der Waals surface area contributed by atoms with E-state index < -0.39 is 4.92 Å². The van der Waals surface area contributed by atoms with Gasteiger partial charge in [-0.2, -0.15) is 0 Å². The maximum absolute atomic E-state index is 12.6. The van der Waals surface area contributed by atoms with Crippen LogP contribution in [-0.2, 0) is 0 Å². The average molecular weight is 269 g/mol. The molecule has 20 heavy (non-hydrogen) atoms. The van der Waals surface area contributed by atoms with Gasteiger partial charge in [0.25, 0.3) is 5.69 Å². The normalized spacial score (nSPS) is 10.3. The molecule has 0 fully saturated rings. The number of rotatable bonds is 3. The van der Waals surface area contributed by atoms with Crippen LogP contribution in [0.25, 0.3) is 0 Å². The number of nitrogens with zero attached hydrogens (tertiary/aromatic N) is 1. The Hall–Kier alpha value is -2.49. The lowest BCUT2D eigenvalue weighted by molar-refractivity contribution is -0.385. The number of ketones is 1. The summed E-state index contributed by atoms with van der Waals surface area (Å²) < 4.78 is 0. The van der Waals surface area contributed by atoms with Crippen molar-refractivity contribution in [2.24, 2.45) is 0 Å². The molecule has 4 heteroatoms. The van der Waals surface area contributed by atoms with Crippen LogP contribution in [0.5, 0.6) is 0 Å². The van der Waals surface area contributed by atoms with E-state index in [9.17, 15) is 14.9 Å². The van der Waals surface area contributed by atoms with Crippen molar-refractivity contribution < 1.29 is 9.72 Å². The predicted octanol–water partition coefficient (Wildman–Crippen LogP) is 3.75. The minimum Gasteiger partial charge on any atom is -0.289 e. The molecule has 0 aliphatic rings. The predicted molar refractivity (Wildman–Crippen MR) is 77.2 cm³/mol. The van der Waals surface area contributed by atoms with Crippen molar-refractivity contribution >= 4 is 11.5 Å². The summed E-state index contributed by atoms with van der Waals surface area (Å²) in [5.74, 6) is -0.174. The molecule has 0 heterocycles. The number of nitro groups is 1. The van der Waals surface area contributed by atoms with Gasteiger partial charge in [-0.1, -0.05) is 29.8 Å². The minimum atomic E-state index is -0.463. The summed E-state index contributed by atoms with van der Waals surface area (Å²) >= 11 is 0. The highest BCUT2D eigenvalue weighted by molar-refractivity contribution is 6.11. The second-order valence-corrected chi connectivity index (χ2v) is 4.85. The van der Waals surface area contributed by atoms with Gasteiger partial charge in [0, 0.05) is 22.8 Å². The molecule has 0 atom stereocenters. The molecular formula is C16H15NO3. The smallest absolute Gasteiger partial charge is 0.273 e. The molecule has 0 amide bonds. The molecule has 2 aromatic rings. The summed E-state index contributed by atoms with van der Waals surface area (Å²) in [4.78, 5) is 23.1. The summed E-state index contributed by atoms with van der Waals surface area (Å²) in [6.45, 7) is 5.38. The fraction of sp³-hybridized carbons (Fsp3) is 0.188. The van der Waals surface area contributed by atoms with Crippen LogP contribution in [0.1, 0.15) is 32.6 Å². The molecule has 0 aromatic heterocycles. The zero-order valence-corrected chi connectivity index (χ0v) is 11.6. The van der Waals surface area contributed by atoms with Gasteiger partial charge in [0.1, 0.15) is 0 Å². The van der Waals surface area contributed by atoms with Crippen molar-refractivity contribution in [3.63, 3.8) is 0 Å². The Morgan fingerprint density at radius 2 is 1.75 bits per heavy atom. The van der Waals surface area contributed by atoms with Gasteiger partial charge >= 0.3 is 0 Å². The van der Waals surface area contributed by atoms with E-state index >= 15 is 0 Å². The number of carbonyl (C=O) groups excluding carboxylic acids is 1. The van der Waals surface area contributed by atoms with Gasteiger partial charge in [-0.05, 0) is 32.4 Å². The first-order chi connectivity index (χ1) is 9.41. The minimum absolute atomic E-state index is 0.0267. The Labute approximate surface area is 117 Å². The first-order valence-corrected chi connectivity index (χ1v) is 6.27. The van der Waals surface area contributed by atoms with E-state index in [1.54, 1.807) is 19.1 Å². The number of hydrogen-bond donors (Lipinski definition) is 0. The molecule has 0 unspecified atom stereocenters. The van der Waals surface area contributed by atoms with E-state index in [0.717, 1.165) is 11.1 Å². The van der Waals surface area contributed by atoms with Crippen LogP contribution in [-0.4, -0.2) is 10.7 Å². The Balaban J connectivity index is 2.57. The van der Waals surface area contributed by atoms with Crippen LogP contribution in [0.3, 0.4) is 0 Å². The quantitative estimate of drug-likeness (QED) is 0.484. The Morgan fingerprint density at radius 3 is 2.40 bits per heavy atom. The maximum atomic E-state index is 12.6. The summed E-state index contributed by atoms with van der Waals surface area (Å²) in [6, 6.07) is 10.2. The second kappa shape index (κ2) is 5.25. The molecular weight excluding hydrogens is 254 g/mol. The van der Waals surface area contributed by atoms with Crippen LogP contribution in [0.15, 0.2) is 36.4 Å². The highest BCUT2D eigenvalue weighted by Gasteiger charge is 2.20. The summed E-state index contributed by atoms with van der Waals surface area (Å²) in [5.41, 5.74) is 3.21. The topological polar surface area (TPSA) is 60.2 Å². The molecule has 4 nitrogen and oxygen atoms in total. The van der Waals surface area contributed by atoms with Crippen molar-refractivity contribution in [3.05, 3.63) is 74.3 Å². The number of benzene rings is 2. The molecule has 0 saturated carbocycles. The van der Waals surface area contributed by atoms with E-state index in [2.05, 4.69) is 0 Å². The third kappa shape index (κ3) is 2.45. The van der Waals surface area contributed by atoms with Crippen LogP contribution in [0.2, 0.25) is 0 Å². The van der Waals surface area contributed by atoms with Crippen LogP contribution >= 0.6 is 0 Å². The van der Waals surface area contributed by atoms with Gasteiger partial charge in [-0.25, -0.2) is 0 Å². The average Bonchev–Trinajstić information content (AvgIpc) is 2.40. The number of nitro benzene ring substituents is 1. The number of carbonyl (C=O) groups is 1. The van der Waals surface area contributed by atoms with Gasteiger partial charge in [-0.15, -0.1) is 0 Å². The van der Waals surface area contributed by atoms with E-state index in [1.807, 2.05) is 32.0 Å². The van der Waals surface area contributed by atoms with Crippen molar-refractivity contribution in [1.82, 2.24) is 0 Å². The monoisotopic (exact) mass is 269 g/mol. The van der Waals surface area contributed by atoms with Crippen LogP contribution in [0.4, 0.5) is 5.69 Å². The van der Waals surface area contributed by atoms with Crippen molar-refractivity contribution in [3.8, 4) is 0 Å². The largest absolute Gasteiger partial charge is 0.289 e. The molecule has 0 bridgehead atoms. The van der Waals surface area contributed by atoms with E-state index in [1.165, 1.54) is 6.07 Å². The van der Waals surface area contributed by atoms with E-state index in [-0.39, 0.29) is 11.5 Å². The van der Waals surface area contributed by atoms with Gasteiger partial charge in [0.15, 0.2) is 5.78 Å². The molecule has 0 saturated heterocycles. The lowest BCUT2D eigenvalue weighted by atomic mass is 9.94. The van der Waals surface area contributed by atoms with Crippen LogP contribution in [0, 0.1) is 30.9 Å². The highest BCUT2D eigenvalue weighted by Crippen LogP contribution is 2.24. The molecule has 0 aliphatic carbocycles. The number of aryl methyl sites for hydroxylation is 2. The Kier molecular flexibility index (Phi) is 3.66. The fourth-order valence-corrected chi connectivity index (χ4v) is 2.19. The van der Waals surface area contributed by atoms with Crippen molar-refractivity contribution in [2.75, 3.05) is 0 Å². The lowest BCUT2D eigenvalue weighted by Crippen LogP contribution is -2.07. The molecule has 102 valence electrons. The molecule has 0 aliphatic heterocycles. The van der Waals surface area contributed by atoms with Crippen molar-refractivity contribution in [2.45, 2.75) is 20.8 Å². The summed E-state index contributed by atoms with van der Waals surface area (Å²) in [6.07, 6.45) is 0. The van der Waals surface area contributed by atoms with Gasteiger partial charge in [0.05, 0.1) is 4.92 Å². The molecule has 2 aromatic carbocycles. The SMILES string of the molecule is Cc1ccc(C)c(C(=O)c2cccc([N+](=O)[O-])c2C)c1. The van der Waals surface area contributed by atoms with Gasteiger partial charge < -0.3 is 0 Å². The first-order valence-electron chi connectivity index (χ1n) is 6.27. The Bertz CT molecular complexity index is 705. The molecule has 0 radical (unpaired) electrons. The lowest BCUT2D eigenvalue weighted by Gasteiger charge is -2.09. The van der Waals surface area contributed by atoms with Crippen molar-refractivity contribution in [1.29, 1.82) is 0 Å². The van der Waals surface area contributed by atoms with Gasteiger partial charge in [0.2, 0.25) is 0 Å². The molecule has 0 spiro atoms. The first kappa shape index (κ1) is 13.9. The van der Waals surface area contributed by atoms with E-state index in [4.69, 9.17) is 0 Å². The second-order valence-electron chi connectivity index (χ2n) is 4.85. The Morgan fingerprint density at radius 1 is 1.05 bits per heavy atom. The molecule has 0 N–H and O–H groups in total. The fourth-order valence-electron chi connectivity index (χ4n) is 2.19. The van der Waals surface area contributed by atoms with Gasteiger partial charge in [-0.3, -0.25) is 14.9 Å². The van der Waals surface area contributed by atoms with E-state index in [0.29, 0.717) is 16.7 Å². The third-order valence-corrected chi connectivity index (χ3v) is 3.38. The standard InChI is InChI=1S/C16H15NO3/c1-10-7-8-11(2)14(9-10)16(18)13-5-4-6-15(12(13)3)17(19)20/h4-9H,1-3H3. The zero-order chi connectivity index (χ0) is 14.9.